The Bertz CT molecular complexity index is 730. The first-order chi connectivity index (χ1) is 11.5. The molecule has 3 heterocycles. The molecule has 1 aliphatic heterocycles. The van der Waals surface area contributed by atoms with E-state index in [2.05, 4.69) is 32.1 Å². The van der Waals surface area contributed by atoms with Gasteiger partial charge in [-0.05, 0) is 32.2 Å². The molecule has 0 saturated carbocycles. The molecule has 0 bridgehead atoms. The molecule has 1 amide bonds. The summed E-state index contributed by atoms with van der Waals surface area (Å²) in [6, 6.07) is 5.29. The lowest BCUT2D eigenvalue weighted by Crippen LogP contribution is -2.44. The Labute approximate surface area is 140 Å². The second-order valence-corrected chi connectivity index (χ2v) is 6.00. The number of ketones is 1. The fraction of sp³-hybridized carbons (Fsp3) is 0.353. The molecule has 2 aromatic rings. The fourth-order valence-corrected chi connectivity index (χ4v) is 2.62. The van der Waals surface area contributed by atoms with E-state index in [9.17, 15) is 9.59 Å². The molecule has 0 unspecified atom stereocenters. The largest absolute Gasteiger partial charge is 0.368 e. The third kappa shape index (κ3) is 3.62. The normalized spacial score (nSPS) is 15.3. The lowest BCUT2D eigenvalue weighted by Gasteiger charge is -2.33. The maximum absolute atomic E-state index is 12.2. The van der Waals surface area contributed by atoms with Crippen molar-refractivity contribution in [3.8, 4) is 0 Å². The van der Waals surface area contributed by atoms with Crippen LogP contribution in [0.5, 0.6) is 0 Å². The Morgan fingerprint density at radius 1 is 1.21 bits per heavy atom. The van der Waals surface area contributed by atoms with Crippen molar-refractivity contribution in [1.29, 1.82) is 0 Å². The van der Waals surface area contributed by atoms with Crippen LogP contribution in [0.3, 0.4) is 0 Å². The Morgan fingerprint density at radius 3 is 2.54 bits per heavy atom. The van der Waals surface area contributed by atoms with Gasteiger partial charge in [0.2, 0.25) is 0 Å². The molecule has 126 valence electrons. The van der Waals surface area contributed by atoms with Crippen LogP contribution in [0, 0.1) is 0 Å². The van der Waals surface area contributed by atoms with Crippen molar-refractivity contribution in [1.82, 2.24) is 14.9 Å². The standard InChI is InChI=1S/C17H21N5O2/c1-12(23)13-9-15(18-10-13)17(24)20-16-4-3-14(11-19-16)22-7-5-21(2)6-8-22/h3-4,9-11,18H,5-8H2,1-2H3,(H,19,20,24). The number of likely N-dealkylation sites (N-methyl/N-ethyl adjacent to an activating group) is 1. The van der Waals surface area contributed by atoms with Gasteiger partial charge in [0.25, 0.3) is 5.91 Å². The van der Waals surface area contributed by atoms with Crippen LogP contribution in [0.25, 0.3) is 0 Å². The Balaban J connectivity index is 1.63. The van der Waals surface area contributed by atoms with E-state index in [1.54, 1.807) is 12.3 Å². The highest BCUT2D eigenvalue weighted by Gasteiger charge is 2.15. The molecule has 0 spiro atoms. The summed E-state index contributed by atoms with van der Waals surface area (Å²) in [5.41, 5.74) is 1.88. The van der Waals surface area contributed by atoms with Crippen LogP contribution in [0.1, 0.15) is 27.8 Å². The molecular formula is C17H21N5O2. The number of carbonyl (C=O) groups is 2. The number of H-pyrrole nitrogens is 1. The summed E-state index contributed by atoms with van der Waals surface area (Å²) in [4.78, 5) is 35.1. The SMILES string of the molecule is CC(=O)c1c[nH]c(C(=O)Nc2ccc(N3CCN(C)CC3)cn2)c1. The van der Waals surface area contributed by atoms with E-state index in [1.807, 2.05) is 6.07 Å². The van der Waals surface area contributed by atoms with Crippen molar-refractivity contribution in [2.75, 3.05) is 43.4 Å². The zero-order valence-electron chi connectivity index (χ0n) is 13.9. The second kappa shape index (κ2) is 6.84. The molecule has 0 aliphatic carbocycles. The molecule has 1 fully saturated rings. The number of amides is 1. The monoisotopic (exact) mass is 327 g/mol. The minimum Gasteiger partial charge on any atom is -0.368 e. The van der Waals surface area contributed by atoms with Gasteiger partial charge in [0, 0.05) is 37.9 Å². The van der Waals surface area contributed by atoms with Gasteiger partial charge in [-0.2, -0.15) is 0 Å². The van der Waals surface area contributed by atoms with Gasteiger partial charge < -0.3 is 20.1 Å². The van der Waals surface area contributed by atoms with E-state index in [1.165, 1.54) is 19.2 Å². The lowest BCUT2D eigenvalue weighted by molar-refractivity contribution is 0.101. The zero-order valence-corrected chi connectivity index (χ0v) is 13.9. The van der Waals surface area contributed by atoms with E-state index < -0.39 is 0 Å². The summed E-state index contributed by atoms with van der Waals surface area (Å²) in [5, 5.41) is 2.73. The minimum atomic E-state index is -0.317. The number of anilines is 2. The van der Waals surface area contributed by atoms with Crippen molar-refractivity contribution in [3.05, 3.63) is 41.9 Å². The first-order valence-corrected chi connectivity index (χ1v) is 7.93. The summed E-state index contributed by atoms with van der Waals surface area (Å²) < 4.78 is 0. The molecular weight excluding hydrogens is 306 g/mol. The van der Waals surface area contributed by atoms with Gasteiger partial charge in [-0.15, -0.1) is 0 Å². The highest BCUT2D eigenvalue weighted by Crippen LogP contribution is 2.17. The van der Waals surface area contributed by atoms with E-state index in [4.69, 9.17) is 0 Å². The molecule has 2 N–H and O–H groups in total. The number of nitrogens with one attached hydrogen (secondary N) is 2. The number of Topliss-reactive ketones (excluding diaryl/α,β-unsaturated/α-hetero) is 1. The molecule has 24 heavy (non-hydrogen) atoms. The van der Waals surface area contributed by atoms with Crippen molar-refractivity contribution >= 4 is 23.2 Å². The number of hydrogen-bond donors (Lipinski definition) is 2. The van der Waals surface area contributed by atoms with Crippen LogP contribution in [0.4, 0.5) is 11.5 Å². The van der Waals surface area contributed by atoms with Crippen LogP contribution < -0.4 is 10.2 Å². The minimum absolute atomic E-state index is 0.0834. The first kappa shape index (κ1) is 16.2. The van der Waals surface area contributed by atoms with Crippen LogP contribution >= 0.6 is 0 Å². The van der Waals surface area contributed by atoms with Gasteiger partial charge in [-0.3, -0.25) is 9.59 Å². The van der Waals surface area contributed by atoms with Crippen molar-refractivity contribution in [2.24, 2.45) is 0 Å². The third-order valence-corrected chi connectivity index (χ3v) is 4.19. The first-order valence-electron chi connectivity index (χ1n) is 7.93. The Hall–Kier alpha value is -2.67. The summed E-state index contributed by atoms with van der Waals surface area (Å²) in [6.07, 6.45) is 3.30. The van der Waals surface area contributed by atoms with Crippen molar-refractivity contribution < 1.29 is 9.59 Å². The van der Waals surface area contributed by atoms with Crippen molar-refractivity contribution in [2.45, 2.75) is 6.92 Å². The van der Waals surface area contributed by atoms with Gasteiger partial charge in [-0.1, -0.05) is 0 Å². The number of hydrogen-bond acceptors (Lipinski definition) is 5. The predicted molar refractivity (Wildman–Crippen MR) is 92.7 cm³/mol. The number of pyridine rings is 1. The molecule has 2 aromatic heterocycles. The number of carbonyl (C=O) groups excluding carboxylic acids is 2. The van der Waals surface area contributed by atoms with Crippen LogP contribution in [0.15, 0.2) is 30.6 Å². The maximum Gasteiger partial charge on any atom is 0.273 e. The molecule has 0 atom stereocenters. The molecule has 0 aromatic carbocycles. The van der Waals surface area contributed by atoms with E-state index in [0.717, 1.165) is 31.9 Å². The van der Waals surface area contributed by atoms with Crippen LogP contribution in [-0.2, 0) is 0 Å². The Kier molecular flexibility index (Phi) is 4.61. The van der Waals surface area contributed by atoms with Gasteiger partial charge in [0.15, 0.2) is 5.78 Å². The maximum atomic E-state index is 12.2. The van der Waals surface area contributed by atoms with Gasteiger partial charge >= 0.3 is 0 Å². The highest BCUT2D eigenvalue weighted by atomic mass is 16.2. The average Bonchev–Trinajstić information content (AvgIpc) is 3.07. The summed E-state index contributed by atoms with van der Waals surface area (Å²) in [6.45, 7) is 5.47. The zero-order chi connectivity index (χ0) is 17.1. The molecule has 7 heteroatoms. The highest BCUT2D eigenvalue weighted by molar-refractivity contribution is 6.04. The summed E-state index contributed by atoms with van der Waals surface area (Å²) in [5.74, 6) is 0.0826. The quantitative estimate of drug-likeness (QED) is 0.834. The van der Waals surface area contributed by atoms with Crippen LogP contribution in [-0.4, -0.2) is 59.8 Å². The fourth-order valence-electron chi connectivity index (χ4n) is 2.62. The third-order valence-electron chi connectivity index (χ3n) is 4.19. The van der Waals surface area contributed by atoms with E-state index in [0.29, 0.717) is 17.1 Å². The lowest BCUT2D eigenvalue weighted by atomic mass is 10.2. The topological polar surface area (TPSA) is 81.3 Å². The van der Waals surface area contributed by atoms with Crippen LogP contribution in [0.2, 0.25) is 0 Å². The summed E-state index contributed by atoms with van der Waals surface area (Å²) >= 11 is 0. The van der Waals surface area contributed by atoms with E-state index >= 15 is 0 Å². The number of rotatable bonds is 4. The predicted octanol–water partition coefficient (Wildman–Crippen LogP) is 1.62. The van der Waals surface area contributed by atoms with Gasteiger partial charge in [0.05, 0.1) is 11.9 Å². The van der Waals surface area contributed by atoms with Gasteiger partial charge in [0.1, 0.15) is 11.5 Å². The molecule has 7 nitrogen and oxygen atoms in total. The molecule has 1 saturated heterocycles. The second-order valence-electron chi connectivity index (χ2n) is 6.00. The number of piperazine rings is 1. The molecule has 3 rings (SSSR count). The molecule has 0 radical (unpaired) electrons. The smallest absolute Gasteiger partial charge is 0.273 e. The Morgan fingerprint density at radius 2 is 1.96 bits per heavy atom. The number of aromatic nitrogens is 2. The van der Waals surface area contributed by atoms with E-state index in [-0.39, 0.29) is 11.7 Å². The number of aromatic amines is 1. The van der Waals surface area contributed by atoms with Crippen molar-refractivity contribution in [3.63, 3.8) is 0 Å². The summed E-state index contributed by atoms with van der Waals surface area (Å²) in [7, 11) is 2.12. The molecule has 1 aliphatic rings. The average molecular weight is 327 g/mol. The van der Waals surface area contributed by atoms with Gasteiger partial charge in [-0.25, -0.2) is 4.98 Å². The number of nitrogens with zero attached hydrogens (tertiary/aromatic N) is 3.